The van der Waals surface area contributed by atoms with E-state index in [4.69, 9.17) is 10.8 Å². The summed E-state index contributed by atoms with van der Waals surface area (Å²) in [6, 6.07) is 3.10. The summed E-state index contributed by atoms with van der Waals surface area (Å²) in [6.45, 7) is 2.83. The zero-order chi connectivity index (χ0) is 14.1. The number of nitrogens with one attached hydrogen (secondary N) is 1. The second-order valence-corrected chi connectivity index (χ2v) is 7.84. The van der Waals surface area contributed by atoms with Crippen molar-refractivity contribution in [2.45, 2.75) is 24.3 Å². The normalized spacial score (nSPS) is 12.7. The van der Waals surface area contributed by atoms with Crippen molar-refractivity contribution in [3.63, 3.8) is 0 Å². The van der Waals surface area contributed by atoms with Gasteiger partial charge in [-0.3, -0.25) is 0 Å². The summed E-state index contributed by atoms with van der Waals surface area (Å²) in [5.74, 6) is 0. The van der Waals surface area contributed by atoms with Crippen LogP contribution in [0.15, 0.2) is 26.0 Å². The Labute approximate surface area is 123 Å². The number of aliphatic hydroxyl groups is 1. The summed E-state index contributed by atoms with van der Waals surface area (Å²) in [5, 5.41) is 9.11. The van der Waals surface area contributed by atoms with E-state index in [0.717, 1.165) is 0 Å². The van der Waals surface area contributed by atoms with Gasteiger partial charge in [0, 0.05) is 8.95 Å². The number of aliphatic hydroxyl groups excluding tert-OH is 1. The largest absolute Gasteiger partial charge is 0.398 e. The highest BCUT2D eigenvalue weighted by Crippen LogP contribution is 2.32. The number of benzene rings is 1. The average molecular weight is 402 g/mol. The first-order valence-corrected chi connectivity index (χ1v) is 8.05. The molecule has 0 heterocycles. The summed E-state index contributed by atoms with van der Waals surface area (Å²) in [4.78, 5) is -0.0350. The molecule has 0 aliphatic carbocycles. The fourth-order valence-electron chi connectivity index (χ4n) is 1.31. The Morgan fingerprint density at radius 2 is 1.94 bits per heavy atom. The lowest BCUT2D eigenvalue weighted by Gasteiger charge is -2.24. The molecule has 0 bridgehead atoms. The summed E-state index contributed by atoms with van der Waals surface area (Å²) >= 11 is 6.40. The van der Waals surface area contributed by atoms with Gasteiger partial charge in [-0.05, 0) is 41.9 Å². The molecule has 1 rings (SSSR count). The summed E-state index contributed by atoms with van der Waals surface area (Å²) in [7, 11) is -3.81. The van der Waals surface area contributed by atoms with E-state index in [1.807, 2.05) is 0 Å². The van der Waals surface area contributed by atoms with Crippen molar-refractivity contribution in [1.82, 2.24) is 4.72 Å². The zero-order valence-electron chi connectivity index (χ0n) is 9.87. The maximum Gasteiger partial charge on any atom is 0.244 e. The molecule has 18 heavy (non-hydrogen) atoms. The van der Waals surface area contributed by atoms with Gasteiger partial charge in [0.25, 0.3) is 0 Å². The number of anilines is 1. The number of sulfonamides is 1. The van der Waals surface area contributed by atoms with Crippen LogP contribution in [0.5, 0.6) is 0 Å². The van der Waals surface area contributed by atoms with Gasteiger partial charge in [-0.25, -0.2) is 13.1 Å². The van der Waals surface area contributed by atoms with Gasteiger partial charge in [-0.1, -0.05) is 15.9 Å². The Morgan fingerprint density at radius 1 is 1.39 bits per heavy atom. The molecule has 0 unspecified atom stereocenters. The van der Waals surface area contributed by atoms with Crippen LogP contribution in [0.4, 0.5) is 5.69 Å². The van der Waals surface area contributed by atoms with E-state index in [2.05, 4.69) is 36.6 Å². The fourth-order valence-corrected chi connectivity index (χ4v) is 4.79. The molecule has 1 aromatic carbocycles. The molecule has 0 aromatic heterocycles. The lowest BCUT2D eigenvalue weighted by atomic mass is 10.1. The number of hydrogen-bond donors (Lipinski definition) is 3. The van der Waals surface area contributed by atoms with E-state index in [-0.39, 0.29) is 17.2 Å². The third-order valence-electron chi connectivity index (χ3n) is 2.11. The molecule has 1 aromatic rings. The highest BCUT2D eigenvalue weighted by molar-refractivity contribution is 9.11. The lowest BCUT2D eigenvalue weighted by molar-refractivity contribution is 0.208. The molecule has 0 saturated heterocycles. The van der Waals surface area contributed by atoms with Crippen LogP contribution in [0, 0.1) is 0 Å². The van der Waals surface area contributed by atoms with Crippen molar-refractivity contribution in [2.75, 3.05) is 12.3 Å². The molecule has 102 valence electrons. The first kappa shape index (κ1) is 15.9. The predicted octanol–water partition coefficient (Wildman–Crippen LogP) is 1.84. The Morgan fingerprint density at radius 3 is 2.39 bits per heavy atom. The van der Waals surface area contributed by atoms with E-state index >= 15 is 0 Å². The zero-order valence-corrected chi connectivity index (χ0v) is 13.9. The SMILES string of the molecule is CC(C)(CO)NS(=O)(=O)c1c(N)cc(Br)cc1Br. The number of nitrogens with two attached hydrogens (primary N) is 1. The van der Waals surface area contributed by atoms with E-state index in [1.165, 1.54) is 6.07 Å². The second-order valence-electron chi connectivity index (χ2n) is 4.45. The molecule has 4 N–H and O–H groups in total. The first-order valence-electron chi connectivity index (χ1n) is 4.98. The smallest absolute Gasteiger partial charge is 0.244 e. The van der Waals surface area contributed by atoms with Gasteiger partial charge in [0.15, 0.2) is 0 Å². The Hall–Kier alpha value is -0.150. The molecule has 0 atom stereocenters. The van der Waals surface area contributed by atoms with E-state index < -0.39 is 15.6 Å². The number of nitrogen functional groups attached to an aromatic ring is 1. The Kier molecular flexibility index (Phi) is 4.82. The lowest BCUT2D eigenvalue weighted by Crippen LogP contribution is -2.46. The van der Waals surface area contributed by atoms with Gasteiger partial charge in [0.05, 0.1) is 17.8 Å². The third-order valence-corrected chi connectivity index (χ3v) is 5.27. The molecular formula is C10H14Br2N2O3S. The van der Waals surface area contributed by atoms with Gasteiger partial charge in [-0.15, -0.1) is 0 Å². The van der Waals surface area contributed by atoms with Gasteiger partial charge < -0.3 is 10.8 Å². The van der Waals surface area contributed by atoms with Gasteiger partial charge in [0.1, 0.15) is 4.90 Å². The van der Waals surface area contributed by atoms with Crippen LogP contribution >= 0.6 is 31.9 Å². The maximum atomic E-state index is 12.2. The Bertz CT molecular complexity index is 535. The van der Waals surface area contributed by atoms with Crippen LogP contribution in [0.1, 0.15) is 13.8 Å². The van der Waals surface area contributed by atoms with Crippen molar-refractivity contribution in [1.29, 1.82) is 0 Å². The van der Waals surface area contributed by atoms with Crippen molar-refractivity contribution >= 4 is 47.6 Å². The van der Waals surface area contributed by atoms with Crippen LogP contribution < -0.4 is 10.5 Å². The van der Waals surface area contributed by atoms with Crippen LogP contribution in [0.25, 0.3) is 0 Å². The molecule has 0 amide bonds. The number of rotatable bonds is 4. The molecule has 0 spiro atoms. The van der Waals surface area contributed by atoms with Gasteiger partial charge in [0.2, 0.25) is 10.0 Å². The van der Waals surface area contributed by atoms with E-state index in [9.17, 15) is 8.42 Å². The molecule has 8 heteroatoms. The minimum Gasteiger partial charge on any atom is -0.398 e. The summed E-state index contributed by atoms with van der Waals surface area (Å²) in [5.41, 5.74) is 4.89. The maximum absolute atomic E-state index is 12.2. The van der Waals surface area contributed by atoms with Gasteiger partial charge in [-0.2, -0.15) is 0 Å². The Balaban J connectivity index is 3.30. The highest BCUT2D eigenvalue weighted by Gasteiger charge is 2.28. The summed E-state index contributed by atoms with van der Waals surface area (Å²) < 4.78 is 27.9. The van der Waals surface area contributed by atoms with E-state index in [1.54, 1.807) is 19.9 Å². The number of halogens is 2. The van der Waals surface area contributed by atoms with Crippen molar-refractivity contribution in [3.05, 3.63) is 21.1 Å². The number of hydrogen-bond acceptors (Lipinski definition) is 4. The van der Waals surface area contributed by atoms with Crippen molar-refractivity contribution in [3.8, 4) is 0 Å². The van der Waals surface area contributed by atoms with Crippen molar-refractivity contribution < 1.29 is 13.5 Å². The molecule has 0 fully saturated rings. The minimum absolute atomic E-state index is 0.0350. The quantitative estimate of drug-likeness (QED) is 0.671. The van der Waals surface area contributed by atoms with Crippen LogP contribution in [-0.2, 0) is 10.0 Å². The third kappa shape index (κ3) is 3.67. The topological polar surface area (TPSA) is 92.4 Å². The summed E-state index contributed by atoms with van der Waals surface area (Å²) in [6.07, 6.45) is 0. The molecule has 0 aliphatic rings. The molecular weight excluding hydrogens is 388 g/mol. The molecule has 0 saturated carbocycles. The standard InChI is InChI=1S/C10H14Br2N2O3S/c1-10(2,5-15)14-18(16,17)9-7(12)3-6(11)4-8(9)13/h3-4,14-15H,5,13H2,1-2H3. The van der Waals surface area contributed by atoms with Crippen LogP contribution in [0.2, 0.25) is 0 Å². The van der Waals surface area contributed by atoms with Crippen LogP contribution in [0.3, 0.4) is 0 Å². The minimum atomic E-state index is -3.81. The first-order chi connectivity index (χ1) is 8.09. The molecule has 5 nitrogen and oxygen atoms in total. The van der Waals surface area contributed by atoms with Crippen molar-refractivity contribution in [2.24, 2.45) is 0 Å². The highest BCUT2D eigenvalue weighted by atomic mass is 79.9. The fraction of sp³-hybridized carbons (Fsp3) is 0.400. The monoisotopic (exact) mass is 400 g/mol. The van der Waals surface area contributed by atoms with Gasteiger partial charge >= 0.3 is 0 Å². The van der Waals surface area contributed by atoms with E-state index in [0.29, 0.717) is 8.95 Å². The van der Waals surface area contributed by atoms with Crippen LogP contribution in [-0.4, -0.2) is 25.7 Å². The average Bonchev–Trinajstić information content (AvgIpc) is 2.13. The molecule has 0 radical (unpaired) electrons. The molecule has 0 aliphatic heterocycles. The predicted molar refractivity (Wildman–Crippen MR) is 77.7 cm³/mol. The second kappa shape index (κ2) is 5.46.